The van der Waals surface area contributed by atoms with Gasteiger partial charge in [0.05, 0.1) is 32.0 Å². The summed E-state index contributed by atoms with van der Waals surface area (Å²) in [4.78, 5) is 13.3. The van der Waals surface area contributed by atoms with Crippen LogP contribution in [0.2, 0.25) is 0 Å². The van der Waals surface area contributed by atoms with E-state index in [1.54, 1.807) is 6.08 Å². The average molecular weight is 1230 g/mol. The number of carbonyl (C=O) groups is 1. The van der Waals surface area contributed by atoms with Gasteiger partial charge in [-0.25, -0.2) is 0 Å². The minimum Gasteiger partial charge on any atom is -0.394 e. The molecule has 87 heavy (non-hydrogen) atoms. The van der Waals surface area contributed by atoms with Crippen LogP contribution >= 0.6 is 0 Å². The van der Waals surface area contributed by atoms with E-state index < -0.39 is 86.8 Å². The molecule has 9 N–H and O–H groups in total. The maximum atomic E-state index is 13.3. The molecule has 14 nitrogen and oxygen atoms in total. The molecule has 0 aliphatic carbocycles. The van der Waals surface area contributed by atoms with Crippen LogP contribution in [0.3, 0.4) is 0 Å². The molecule has 0 aromatic heterocycles. The van der Waals surface area contributed by atoms with E-state index in [2.05, 4.69) is 79.9 Å². The first-order valence-electron chi connectivity index (χ1n) is 35.7. The van der Waals surface area contributed by atoms with Crippen molar-refractivity contribution in [3.63, 3.8) is 0 Å². The Morgan fingerprint density at radius 2 is 0.793 bits per heavy atom. The third-order valence-electron chi connectivity index (χ3n) is 17.1. The van der Waals surface area contributed by atoms with Gasteiger partial charge in [0.25, 0.3) is 0 Å². The van der Waals surface area contributed by atoms with Crippen LogP contribution in [0, 0.1) is 0 Å². The zero-order chi connectivity index (χ0) is 63.1. The molecular weight excluding hydrogens is 1100 g/mol. The highest BCUT2D eigenvalue weighted by atomic mass is 16.7. The summed E-state index contributed by atoms with van der Waals surface area (Å²) in [5, 5.41) is 87.4. The zero-order valence-corrected chi connectivity index (χ0v) is 55.0. The second-order valence-corrected chi connectivity index (χ2v) is 25.0. The van der Waals surface area contributed by atoms with Crippen molar-refractivity contribution in [2.24, 2.45) is 0 Å². The summed E-state index contributed by atoms with van der Waals surface area (Å²) in [6.45, 7) is 2.71. The molecule has 12 unspecified atom stereocenters. The van der Waals surface area contributed by atoms with Gasteiger partial charge in [-0.3, -0.25) is 4.79 Å². The number of hydrogen-bond acceptors (Lipinski definition) is 13. The van der Waals surface area contributed by atoms with Gasteiger partial charge in [-0.1, -0.05) is 292 Å². The molecule has 0 bridgehead atoms. The Balaban J connectivity index is 1.62. The number of ether oxygens (including phenoxy) is 4. The van der Waals surface area contributed by atoms with Crippen molar-refractivity contribution in [3.05, 3.63) is 72.9 Å². The predicted molar refractivity (Wildman–Crippen MR) is 355 cm³/mol. The average Bonchev–Trinajstić information content (AvgIpc) is 3.71. The summed E-state index contributed by atoms with van der Waals surface area (Å²) < 4.78 is 22.9. The van der Waals surface area contributed by atoms with Gasteiger partial charge in [0.2, 0.25) is 5.91 Å². The predicted octanol–water partition coefficient (Wildman–Crippen LogP) is 14.6. The molecular formula is C73H131NO13. The van der Waals surface area contributed by atoms with Crippen LogP contribution in [-0.4, -0.2) is 140 Å². The molecule has 2 heterocycles. The molecule has 2 aliphatic heterocycles. The van der Waals surface area contributed by atoms with Crippen LogP contribution in [0.25, 0.3) is 0 Å². The molecule has 2 fully saturated rings. The Bertz CT molecular complexity index is 1740. The summed E-state index contributed by atoms with van der Waals surface area (Å²) in [6.07, 6.45) is 61.0. The van der Waals surface area contributed by atoms with Gasteiger partial charge in [-0.15, -0.1) is 0 Å². The van der Waals surface area contributed by atoms with Crippen molar-refractivity contribution in [2.45, 2.75) is 364 Å². The number of hydrogen-bond donors (Lipinski definition) is 9. The fourth-order valence-electron chi connectivity index (χ4n) is 11.5. The van der Waals surface area contributed by atoms with Crippen molar-refractivity contribution in [2.75, 3.05) is 19.8 Å². The van der Waals surface area contributed by atoms with E-state index in [4.69, 9.17) is 18.9 Å². The summed E-state index contributed by atoms with van der Waals surface area (Å²) in [7, 11) is 0. The molecule has 0 spiro atoms. The third-order valence-corrected chi connectivity index (χ3v) is 17.1. The molecule has 0 aromatic carbocycles. The van der Waals surface area contributed by atoms with Crippen LogP contribution in [0.4, 0.5) is 0 Å². The molecule has 0 aromatic rings. The number of aliphatic hydroxyl groups is 8. The van der Waals surface area contributed by atoms with Crippen molar-refractivity contribution >= 4 is 5.91 Å². The topological polar surface area (TPSA) is 228 Å². The highest BCUT2D eigenvalue weighted by Crippen LogP contribution is 2.30. The maximum Gasteiger partial charge on any atom is 0.220 e. The number of amides is 1. The zero-order valence-electron chi connectivity index (χ0n) is 55.0. The quantitative estimate of drug-likeness (QED) is 0.0204. The molecule has 2 rings (SSSR count). The lowest BCUT2D eigenvalue weighted by Gasteiger charge is -2.46. The number of nitrogens with one attached hydrogen (secondary N) is 1. The standard InChI is InChI=1S/C73H131NO13/c1-3-5-7-9-11-13-15-17-19-21-23-24-25-26-27-28-29-30-31-32-33-34-35-36-37-38-39-41-43-45-47-49-51-53-55-57-65(78)74-61(62(77)56-54-52-50-48-46-44-42-40-22-20-18-16-14-12-10-8-6-4-2)60-84-72-70(83)68(81)71(64(59-76)86-72)87-73-69(82)67(80)66(79)63(58-75)85-73/h5,7,11,13,17,19,23-24,26-27,54,56,61-64,66-73,75-77,79-83H,3-4,6,8-10,12,14-16,18,20-22,25,28-53,55,57-60H2,1-2H3,(H,74,78)/b7-5-,13-11-,19-17-,24-23-,27-26-,56-54+. The Hall–Kier alpha value is -2.57. The Morgan fingerprint density at radius 3 is 1.22 bits per heavy atom. The largest absolute Gasteiger partial charge is 0.394 e. The number of unbranched alkanes of at least 4 members (excludes halogenated alkanes) is 35. The van der Waals surface area contributed by atoms with Crippen LogP contribution in [-0.2, 0) is 23.7 Å². The highest BCUT2D eigenvalue weighted by Gasteiger charge is 2.51. The minimum absolute atomic E-state index is 0.236. The van der Waals surface area contributed by atoms with Crippen molar-refractivity contribution < 1.29 is 64.6 Å². The number of rotatable bonds is 58. The smallest absolute Gasteiger partial charge is 0.220 e. The van der Waals surface area contributed by atoms with Gasteiger partial charge in [0.1, 0.15) is 48.8 Å². The monoisotopic (exact) mass is 1230 g/mol. The van der Waals surface area contributed by atoms with Crippen LogP contribution in [0.1, 0.15) is 290 Å². The van der Waals surface area contributed by atoms with Gasteiger partial charge in [0, 0.05) is 6.42 Å². The summed E-state index contributed by atoms with van der Waals surface area (Å²) in [6, 6.07) is -0.916. The molecule has 2 saturated heterocycles. The van der Waals surface area contributed by atoms with Gasteiger partial charge in [-0.2, -0.15) is 0 Å². The second-order valence-electron chi connectivity index (χ2n) is 25.0. The lowest BCUT2D eigenvalue weighted by molar-refractivity contribution is -0.359. The molecule has 506 valence electrons. The van der Waals surface area contributed by atoms with E-state index in [1.807, 2.05) is 6.08 Å². The maximum absolute atomic E-state index is 13.3. The van der Waals surface area contributed by atoms with E-state index in [-0.39, 0.29) is 18.9 Å². The summed E-state index contributed by atoms with van der Waals surface area (Å²) in [5.41, 5.74) is 0. The Kier molecular flexibility index (Phi) is 53.1. The van der Waals surface area contributed by atoms with Gasteiger partial charge >= 0.3 is 0 Å². The Morgan fingerprint density at radius 1 is 0.425 bits per heavy atom. The molecule has 1 amide bonds. The number of allylic oxidation sites excluding steroid dienone is 11. The fourth-order valence-corrected chi connectivity index (χ4v) is 11.5. The number of aliphatic hydroxyl groups excluding tert-OH is 8. The molecule has 14 heteroatoms. The van der Waals surface area contributed by atoms with E-state index in [0.717, 1.165) is 70.6 Å². The lowest BCUT2D eigenvalue weighted by Crippen LogP contribution is -2.65. The SMILES string of the molecule is CC/C=C\C/C=C\C/C=C\C/C=C\C/C=C\CCCCCCCCCCCCCCCCCCCCCC(=O)NC(COC1OC(CO)C(OC2OC(CO)C(O)C(O)C2O)C(O)C1O)C(O)/C=C/CCCCCCCCCCCCCCCCCC. The fraction of sp³-hybridized carbons (Fsp3) is 0.822. The molecule has 12 atom stereocenters. The van der Waals surface area contributed by atoms with Gasteiger partial charge in [-0.05, 0) is 64.2 Å². The first kappa shape index (κ1) is 80.5. The third kappa shape index (κ3) is 41.5. The first-order valence-corrected chi connectivity index (χ1v) is 35.7. The van der Waals surface area contributed by atoms with E-state index >= 15 is 0 Å². The molecule has 0 saturated carbocycles. The first-order chi connectivity index (χ1) is 42.6. The summed E-state index contributed by atoms with van der Waals surface area (Å²) >= 11 is 0. The van der Waals surface area contributed by atoms with E-state index in [9.17, 15) is 45.6 Å². The normalized spacial score (nSPS) is 23.7. The minimum atomic E-state index is -1.79. The van der Waals surface area contributed by atoms with Crippen LogP contribution in [0.15, 0.2) is 72.9 Å². The van der Waals surface area contributed by atoms with Crippen LogP contribution in [0.5, 0.6) is 0 Å². The van der Waals surface area contributed by atoms with Gasteiger partial charge < -0.3 is 65.1 Å². The van der Waals surface area contributed by atoms with E-state index in [1.165, 1.54) is 193 Å². The molecule has 2 aliphatic rings. The van der Waals surface area contributed by atoms with E-state index in [0.29, 0.717) is 6.42 Å². The second kappa shape index (κ2) is 57.3. The molecule has 0 radical (unpaired) electrons. The highest BCUT2D eigenvalue weighted by molar-refractivity contribution is 5.76. The van der Waals surface area contributed by atoms with Gasteiger partial charge in [0.15, 0.2) is 12.6 Å². The van der Waals surface area contributed by atoms with Crippen molar-refractivity contribution in [1.29, 1.82) is 0 Å². The van der Waals surface area contributed by atoms with Crippen molar-refractivity contribution in [1.82, 2.24) is 5.32 Å². The summed E-state index contributed by atoms with van der Waals surface area (Å²) in [5.74, 6) is -0.236. The Labute approximate surface area is 529 Å². The van der Waals surface area contributed by atoms with Crippen LogP contribution < -0.4 is 5.32 Å². The number of carbonyl (C=O) groups excluding carboxylic acids is 1. The lowest BCUT2D eigenvalue weighted by atomic mass is 9.97. The van der Waals surface area contributed by atoms with Crippen molar-refractivity contribution in [3.8, 4) is 0 Å².